The Hall–Kier alpha value is -0.930. The second kappa shape index (κ2) is 6.53. The predicted octanol–water partition coefficient (Wildman–Crippen LogP) is 1.50. The molecule has 1 rings (SSSR count). The minimum atomic E-state index is 0.664. The fraction of sp³-hybridized carbons (Fsp3) is 0.583. The Bertz CT molecular complexity index is 261. The molecule has 0 aliphatic heterocycles. The van der Waals surface area contributed by atoms with E-state index in [2.05, 4.69) is 29.9 Å². The molecule has 2 N–H and O–H groups in total. The Morgan fingerprint density at radius 2 is 2.33 bits per heavy atom. The number of hydrogen-bond acceptors (Lipinski definition) is 3. The van der Waals surface area contributed by atoms with Gasteiger partial charge in [0.25, 0.3) is 0 Å². The van der Waals surface area contributed by atoms with E-state index in [0.29, 0.717) is 5.92 Å². The molecule has 15 heavy (non-hydrogen) atoms. The summed E-state index contributed by atoms with van der Waals surface area (Å²) in [5.41, 5.74) is 6.79. The van der Waals surface area contributed by atoms with E-state index in [9.17, 15) is 0 Å². The maximum absolute atomic E-state index is 5.53. The number of rotatable bonds is 6. The van der Waals surface area contributed by atoms with Crippen molar-refractivity contribution in [1.82, 2.24) is 9.88 Å². The van der Waals surface area contributed by atoms with Crippen LogP contribution in [0.1, 0.15) is 18.9 Å². The van der Waals surface area contributed by atoms with Crippen LogP contribution >= 0.6 is 0 Å². The molecular weight excluding hydrogens is 186 g/mol. The van der Waals surface area contributed by atoms with Crippen LogP contribution in [0.5, 0.6) is 0 Å². The quantitative estimate of drug-likeness (QED) is 0.768. The highest BCUT2D eigenvalue weighted by molar-refractivity contribution is 5.07. The van der Waals surface area contributed by atoms with Gasteiger partial charge in [0.1, 0.15) is 0 Å². The van der Waals surface area contributed by atoms with Crippen molar-refractivity contribution in [3.8, 4) is 0 Å². The smallest absolute Gasteiger partial charge is 0.0312 e. The summed E-state index contributed by atoms with van der Waals surface area (Å²) >= 11 is 0. The first kappa shape index (κ1) is 12.1. The largest absolute Gasteiger partial charge is 0.330 e. The molecule has 0 bridgehead atoms. The van der Waals surface area contributed by atoms with Crippen LogP contribution in [0.4, 0.5) is 0 Å². The highest BCUT2D eigenvalue weighted by atomic mass is 15.1. The SMILES string of the molecule is CC(CCN)CN(C)Cc1cccnc1. The van der Waals surface area contributed by atoms with Gasteiger partial charge >= 0.3 is 0 Å². The fourth-order valence-corrected chi connectivity index (χ4v) is 1.78. The summed E-state index contributed by atoms with van der Waals surface area (Å²) in [5.74, 6) is 0.664. The van der Waals surface area contributed by atoms with Gasteiger partial charge in [-0.15, -0.1) is 0 Å². The molecular formula is C12H21N3. The minimum absolute atomic E-state index is 0.664. The van der Waals surface area contributed by atoms with Crippen LogP contribution in [-0.2, 0) is 6.54 Å². The lowest BCUT2D eigenvalue weighted by atomic mass is 10.1. The van der Waals surface area contributed by atoms with E-state index in [0.717, 1.165) is 26.1 Å². The van der Waals surface area contributed by atoms with Crippen LogP contribution in [0.15, 0.2) is 24.5 Å². The van der Waals surface area contributed by atoms with E-state index in [1.165, 1.54) is 5.56 Å². The number of nitrogens with zero attached hydrogens (tertiary/aromatic N) is 2. The molecule has 0 saturated heterocycles. The Kier molecular flexibility index (Phi) is 5.29. The van der Waals surface area contributed by atoms with Gasteiger partial charge in [-0.05, 0) is 37.6 Å². The zero-order valence-corrected chi connectivity index (χ0v) is 9.69. The number of aromatic nitrogens is 1. The summed E-state index contributed by atoms with van der Waals surface area (Å²) < 4.78 is 0. The Balaban J connectivity index is 2.33. The van der Waals surface area contributed by atoms with Gasteiger partial charge in [0.2, 0.25) is 0 Å². The van der Waals surface area contributed by atoms with Crippen LogP contribution in [0, 0.1) is 5.92 Å². The monoisotopic (exact) mass is 207 g/mol. The minimum Gasteiger partial charge on any atom is -0.330 e. The maximum atomic E-state index is 5.53. The molecule has 0 aliphatic carbocycles. The molecule has 0 aliphatic rings. The molecule has 1 aromatic heterocycles. The molecule has 1 atom stereocenters. The first-order valence-electron chi connectivity index (χ1n) is 5.50. The first-order chi connectivity index (χ1) is 7.22. The highest BCUT2D eigenvalue weighted by Gasteiger charge is 2.05. The topological polar surface area (TPSA) is 42.1 Å². The molecule has 84 valence electrons. The van der Waals surface area contributed by atoms with E-state index in [1.807, 2.05) is 12.3 Å². The molecule has 1 heterocycles. The Morgan fingerprint density at radius 3 is 2.93 bits per heavy atom. The molecule has 0 spiro atoms. The second-order valence-electron chi connectivity index (χ2n) is 4.24. The van der Waals surface area contributed by atoms with E-state index in [-0.39, 0.29) is 0 Å². The zero-order valence-electron chi connectivity index (χ0n) is 9.69. The lowest BCUT2D eigenvalue weighted by Gasteiger charge is -2.20. The van der Waals surface area contributed by atoms with Crippen molar-refractivity contribution in [2.24, 2.45) is 11.7 Å². The third-order valence-electron chi connectivity index (χ3n) is 2.46. The van der Waals surface area contributed by atoms with Crippen molar-refractivity contribution >= 4 is 0 Å². The second-order valence-corrected chi connectivity index (χ2v) is 4.24. The third kappa shape index (κ3) is 4.91. The summed E-state index contributed by atoms with van der Waals surface area (Å²) in [4.78, 5) is 6.42. The van der Waals surface area contributed by atoms with Crippen molar-refractivity contribution in [2.75, 3.05) is 20.1 Å². The predicted molar refractivity (Wildman–Crippen MR) is 63.4 cm³/mol. The zero-order chi connectivity index (χ0) is 11.1. The molecule has 0 radical (unpaired) electrons. The average molecular weight is 207 g/mol. The highest BCUT2D eigenvalue weighted by Crippen LogP contribution is 2.06. The molecule has 0 fully saturated rings. The van der Waals surface area contributed by atoms with Gasteiger partial charge in [0.15, 0.2) is 0 Å². The van der Waals surface area contributed by atoms with Crippen LogP contribution in [0.3, 0.4) is 0 Å². The van der Waals surface area contributed by atoms with Crippen LogP contribution in [-0.4, -0.2) is 30.0 Å². The van der Waals surface area contributed by atoms with Gasteiger partial charge in [-0.1, -0.05) is 13.0 Å². The molecule has 1 unspecified atom stereocenters. The molecule has 0 saturated carbocycles. The van der Waals surface area contributed by atoms with Crippen molar-refractivity contribution in [3.63, 3.8) is 0 Å². The lowest BCUT2D eigenvalue weighted by Crippen LogP contribution is -2.25. The Morgan fingerprint density at radius 1 is 1.53 bits per heavy atom. The summed E-state index contributed by atoms with van der Waals surface area (Å²) in [5, 5.41) is 0. The van der Waals surface area contributed by atoms with E-state index >= 15 is 0 Å². The normalized spacial score (nSPS) is 13.1. The van der Waals surface area contributed by atoms with Crippen molar-refractivity contribution in [3.05, 3.63) is 30.1 Å². The van der Waals surface area contributed by atoms with Gasteiger partial charge in [0.05, 0.1) is 0 Å². The van der Waals surface area contributed by atoms with Gasteiger partial charge in [-0.3, -0.25) is 4.98 Å². The van der Waals surface area contributed by atoms with Gasteiger partial charge in [-0.25, -0.2) is 0 Å². The fourth-order valence-electron chi connectivity index (χ4n) is 1.78. The summed E-state index contributed by atoms with van der Waals surface area (Å²) in [6.07, 6.45) is 4.82. The Labute approximate surface area is 92.3 Å². The standard InChI is InChI=1S/C12H21N3/c1-11(5-6-13)9-15(2)10-12-4-3-7-14-8-12/h3-4,7-8,11H,5-6,9-10,13H2,1-2H3. The number of hydrogen-bond donors (Lipinski definition) is 1. The average Bonchev–Trinajstić information content (AvgIpc) is 2.19. The summed E-state index contributed by atoms with van der Waals surface area (Å²) in [6, 6.07) is 4.09. The molecule has 0 amide bonds. The van der Waals surface area contributed by atoms with Gasteiger partial charge in [-0.2, -0.15) is 0 Å². The van der Waals surface area contributed by atoms with Crippen molar-refractivity contribution < 1.29 is 0 Å². The summed E-state index contributed by atoms with van der Waals surface area (Å²) in [6.45, 7) is 5.07. The van der Waals surface area contributed by atoms with Crippen molar-refractivity contribution in [1.29, 1.82) is 0 Å². The van der Waals surface area contributed by atoms with Crippen LogP contribution < -0.4 is 5.73 Å². The third-order valence-corrected chi connectivity index (χ3v) is 2.46. The van der Waals surface area contributed by atoms with Gasteiger partial charge in [0, 0.05) is 25.5 Å². The number of nitrogens with two attached hydrogens (primary N) is 1. The lowest BCUT2D eigenvalue weighted by molar-refractivity contribution is 0.272. The molecule has 0 aromatic carbocycles. The molecule has 1 aromatic rings. The van der Waals surface area contributed by atoms with Crippen LogP contribution in [0.25, 0.3) is 0 Å². The van der Waals surface area contributed by atoms with Crippen molar-refractivity contribution in [2.45, 2.75) is 19.9 Å². The van der Waals surface area contributed by atoms with E-state index in [1.54, 1.807) is 6.20 Å². The van der Waals surface area contributed by atoms with Gasteiger partial charge < -0.3 is 10.6 Å². The van der Waals surface area contributed by atoms with E-state index < -0.39 is 0 Å². The first-order valence-corrected chi connectivity index (χ1v) is 5.50. The van der Waals surface area contributed by atoms with E-state index in [4.69, 9.17) is 5.73 Å². The molecule has 3 heteroatoms. The summed E-state index contributed by atoms with van der Waals surface area (Å²) in [7, 11) is 2.14. The number of pyridine rings is 1. The molecule has 3 nitrogen and oxygen atoms in total. The van der Waals surface area contributed by atoms with Crippen LogP contribution in [0.2, 0.25) is 0 Å². The maximum Gasteiger partial charge on any atom is 0.0312 e.